The predicted molar refractivity (Wildman–Crippen MR) is 136 cm³/mol. The van der Waals surface area contributed by atoms with Crippen LogP contribution in [0.25, 0.3) is 0 Å². The van der Waals surface area contributed by atoms with Gasteiger partial charge in [-0.05, 0) is 92.8 Å². The molecule has 0 spiro atoms. The molecule has 7 heteroatoms. The summed E-state index contributed by atoms with van der Waals surface area (Å²) in [7, 11) is 0. The molecule has 5 aliphatic rings. The molecule has 7 nitrogen and oxygen atoms in total. The Balaban J connectivity index is 1.63. The summed E-state index contributed by atoms with van der Waals surface area (Å²) in [5, 5.41) is 42.6. The lowest BCUT2D eigenvalue weighted by Gasteiger charge is -2.71. The first-order valence-corrected chi connectivity index (χ1v) is 14.1. The molecule has 0 aromatic carbocycles. The van der Waals surface area contributed by atoms with Crippen LogP contribution in [0, 0.1) is 50.2 Å². The molecule has 11 atom stereocenters. The van der Waals surface area contributed by atoms with Crippen LogP contribution in [0.4, 0.5) is 0 Å². The maximum absolute atomic E-state index is 12.8. The maximum Gasteiger partial charge on any atom is 0.312 e. The molecule has 0 aliphatic heterocycles. The Kier molecular flexibility index (Phi) is 5.74. The Morgan fingerprint density at radius 2 is 1.54 bits per heavy atom. The number of carbonyl (C=O) groups excluding carboxylic acids is 1. The number of aldehydes is 1. The van der Waals surface area contributed by atoms with Gasteiger partial charge in [0.15, 0.2) is 0 Å². The number of hydrogen-bond acceptors (Lipinski definition) is 5. The molecular formula is C30H44O7. The number of aliphatic hydroxyl groups is 2. The van der Waals surface area contributed by atoms with Gasteiger partial charge in [-0.1, -0.05) is 39.3 Å². The molecular weight excluding hydrogens is 472 g/mol. The second-order valence-electron chi connectivity index (χ2n) is 14.5. The van der Waals surface area contributed by atoms with E-state index in [2.05, 4.69) is 26.8 Å². The van der Waals surface area contributed by atoms with Crippen LogP contribution >= 0.6 is 0 Å². The Bertz CT molecular complexity index is 1070. The minimum absolute atomic E-state index is 0.0542. The lowest BCUT2D eigenvalue weighted by molar-refractivity contribution is -0.213. The number of carboxylic acids is 2. The minimum Gasteiger partial charge on any atom is -0.481 e. The molecule has 11 unspecified atom stereocenters. The number of fused-ring (bicyclic) bond motifs is 7. The first kappa shape index (κ1) is 26.9. The standard InChI is InChI=1S/C30H44O7/c1-25(23(34)35)14-18-17-6-7-20-26(2)10-9-21(32)27(3,16-31)19(26)8-11-29(20,5)28(17,4)12-13-30(18,24(36)37)22(33)15-25/h6,16,18-22,32-33H,7-15H2,1-5H3,(H,34,35)(H,36,37). The van der Waals surface area contributed by atoms with E-state index in [0.717, 1.165) is 37.5 Å². The summed E-state index contributed by atoms with van der Waals surface area (Å²) in [6, 6.07) is 0. The third-order valence-corrected chi connectivity index (χ3v) is 13.3. The molecule has 5 aliphatic carbocycles. The third-order valence-electron chi connectivity index (χ3n) is 13.3. The van der Waals surface area contributed by atoms with Gasteiger partial charge in [-0.25, -0.2) is 0 Å². The first-order valence-electron chi connectivity index (χ1n) is 14.1. The van der Waals surface area contributed by atoms with Crippen molar-refractivity contribution >= 4 is 18.2 Å². The summed E-state index contributed by atoms with van der Waals surface area (Å²) in [4.78, 5) is 37.4. The lowest BCUT2D eigenvalue weighted by atomic mass is 9.33. The Hall–Kier alpha value is -1.73. The number of aliphatic hydroxyl groups excluding tert-OH is 2. The molecule has 0 radical (unpaired) electrons. The zero-order valence-corrected chi connectivity index (χ0v) is 22.9. The molecule has 0 aromatic rings. The van der Waals surface area contributed by atoms with Crippen LogP contribution in [0.2, 0.25) is 0 Å². The van der Waals surface area contributed by atoms with E-state index in [1.807, 2.05) is 6.92 Å². The molecule has 0 saturated heterocycles. The van der Waals surface area contributed by atoms with Gasteiger partial charge in [-0.3, -0.25) is 9.59 Å². The van der Waals surface area contributed by atoms with Gasteiger partial charge in [0, 0.05) is 5.92 Å². The van der Waals surface area contributed by atoms with E-state index >= 15 is 0 Å². The van der Waals surface area contributed by atoms with Crippen LogP contribution in [0.1, 0.15) is 92.4 Å². The topological polar surface area (TPSA) is 132 Å². The molecule has 5 rings (SSSR count). The fraction of sp³-hybridized carbons (Fsp3) is 0.833. The predicted octanol–water partition coefficient (Wildman–Crippen LogP) is 4.45. The highest BCUT2D eigenvalue weighted by Crippen LogP contribution is 2.75. The van der Waals surface area contributed by atoms with Crippen molar-refractivity contribution in [1.29, 1.82) is 0 Å². The van der Waals surface area contributed by atoms with Crippen LogP contribution in [-0.2, 0) is 14.4 Å². The van der Waals surface area contributed by atoms with Gasteiger partial charge < -0.3 is 25.2 Å². The normalized spacial score (nSPS) is 55.0. The van der Waals surface area contributed by atoms with Crippen LogP contribution in [-0.4, -0.2) is 50.9 Å². The van der Waals surface area contributed by atoms with E-state index in [4.69, 9.17) is 0 Å². The third kappa shape index (κ3) is 3.04. The van der Waals surface area contributed by atoms with Gasteiger partial charge >= 0.3 is 11.9 Å². The van der Waals surface area contributed by atoms with Crippen molar-refractivity contribution in [1.82, 2.24) is 0 Å². The van der Waals surface area contributed by atoms with Gasteiger partial charge in [0.25, 0.3) is 0 Å². The van der Waals surface area contributed by atoms with E-state index in [1.165, 1.54) is 0 Å². The van der Waals surface area contributed by atoms with Crippen molar-refractivity contribution in [3.05, 3.63) is 11.6 Å². The summed E-state index contributed by atoms with van der Waals surface area (Å²) in [6.45, 7) is 10.4. The number of carbonyl (C=O) groups is 3. The number of aliphatic carboxylic acids is 2. The summed E-state index contributed by atoms with van der Waals surface area (Å²) in [6.07, 6.45) is 6.30. The van der Waals surface area contributed by atoms with E-state index in [0.29, 0.717) is 19.3 Å². The summed E-state index contributed by atoms with van der Waals surface area (Å²) < 4.78 is 0. The van der Waals surface area contributed by atoms with E-state index in [1.54, 1.807) is 6.92 Å². The maximum atomic E-state index is 12.8. The Labute approximate surface area is 219 Å². The molecule has 0 bridgehead atoms. The Morgan fingerprint density at radius 3 is 2.14 bits per heavy atom. The molecule has 4 N–H and O–H groups in total. The van der Waals surface area contributed by atoms with E-state index in [-0.39, 0.29) is 40.9 Å². The lowest BCUT2D eigenvalue weighted by Crippen LogP contribution is -2.67. The molecule has 0 amide bonds. The molecule has 37 heavy (non-hydrogen) atoms. The van der Waals surface area contributed by atoms with Crippen LogP contribution in [0.15, 0.2) is 11.6 Å². The van der Waals surface area contributed by atoms with Crippen molar-refractivity contribution in [2.24, 2.45) is 50.2 Å². The van der Waals surface area contributed by atoms with Gasteiger partial charge in [-0.2, -0.15) is 0 Å². The van der Waals surface area contributed by atoms with Crippen LogP contribution in [0.5, 0.6) is 0 Å². The van der Waals surface area contributed by atoms with Gasteiger partial charge in [0.1, 0.15) is 11.7 Å². The van der Waals surface area contributed by atoms with Gasteiger partial charge in [-0.15, -0.1) is 0 Å². The van der Waals surface area contributed by atoms with Gasteiger partial charge in [0.05, 0.1) is 23.0 Å². The average Bonchev–Trinajstić information content (AvgIpc) is 2.81. The largest absolute Gasteiger partial charge is 0.481 e. The summed E-state index contributed by atoms with van der Waals surface area (Å²) in [5.41, 5.74) is -2.94. The zero-order valence-electron chi connectivity index (χ0n) is 22.9. The second kappa shape index (κ2) is 7.91. The number of rotatable bonds is 3. The smallest absolute Gasteiger partial charge is 0.312 e. The summed E-state index contributed by atoms with van der Waals surface area (Å²) >= 11 is 0. The summed E-state index contributed by atoms with van der Waals surface area (Å²) in [5.74, 6) is -2.21. The number of allylic oxidation sites excluding steroid dienone is 2. The molecule has 206 valence electrons. The molecule has 4 saturated carbocycles. The first-order chi connectivity index (χ1) is 17.1. The van der Waals surface area contributed by atoms with E-state index < -0.39 is 46.3 Å². The fourth-order valence-electron chi connectivity index (χ4n) is 10.7. The van der Waals surface area contributed by atoms with E-state index in [9.17, 15) is 34.8 Å². The second-order valence-corrected chi connectivity index (χ2v) is 14.5. The molecule has 0 heterocycles. The monoisotopic (exact) mass is 516 g/mol. The Morgan fingerprint density at radius 1 is 0.865 bits per heavy atom. The number of hydrogen-bond donors (Lipinski definition) is 4. The van der Waals surface area contributed by atoms with Crippen molar-refractivity contribution in [3.63, 3.8) is 0 Å². The zero-order chi connectivity index (χ0) is 27.4. The fourth-order valence-corrected chi connectivity index (χ4v) is 10.7. The quantitative estimate of drug-likeness (QED) is 0.322. The highest BCUT2D eigenvalue weighted by molar-refractivity contribution is 5.80. The van der Waals surface area contributed by atoms with Crippen molar-refractivity contribution in [2.75, 3.05) is 0 Å². The molecule has 0 aromatic heterocycles. The van der Waals surface area contributed by atoms with Crippen LogP contribution < -0.4 is 0 Å². The van der Waals surface area contributed by atoms with Crippen LogP contribution in [0.3, 0.4) is 0 Å². The van der Waals surface area contributed by atoms with Gasteiger partial charge in [0.2, 0.25) is 0 Å². The minimum atomic E-state index is -1.37. The van der Waals surface area contributed by atoms with Crippen molar-refractivity contribution in [2.45, 2.75) is 105 Å². The van der Waals surface area contributed by atoms with Crippen molar-refractivity contribution in [3.8, 4) is 0 Å². The highest BCUT2D eigenvalue weighted by atomic mass is 16.4. The average molecular weight is 517 g/mol. The molecule has 4 fully saturated rings. The SMILES string of the molecule is CC1(C(=O)O)CC(O)C2(C(=O)O)CCC3(C)C(=CCC4C5(C)CCC(O)C(C)(C=O)C5CCC43C)C2C1. The van der Waals surface area contributed by atoms with Crippen molar-refractivity contribution < 1.29 is 34.8 Å². The number of carboxylic acid groups (broad SMARTS) is 2. The highest BCUT2D eigenvalue weighted by Gasteiger charge is 2.71.